The van der Waals surface area contributed by atoms with E-state index in [1.165, 1.54) is 0 Å². The molecule has 0 spiro atoms. The lowest BCUT2D eigenvalue weighted by Crippen LogP contribution is -2.00. The van der Waals surface area contributed by atoms with Crippen LogP contribution in [0.2, 0.25) is 5.02 Å². The lowest BCUT2D eigenvalue weighted by molar-refractivity contribution is -0.380. The van der Waals surface area contributed by atoms with E-state index in [0.717, 1.165) is 28.2 Å². The van der Waals surface area contributed by atoms with Gasteiger partial charge in [0.15, 0.2) is 0 Å². The number of nitrogens with zero attached hydrogens (tertiary/aromatic N) is 1. The van der Waals surface area contributed by atoms with Crippen molar-refractivity contribution in [1.82, 2.24) is 0 Å². The number of thiophene rings is 1. The molecule has 18 heavy (non-hydrogen) atoms. The predicted octanol–water partition coefficient (Wildman–Crippen LogP) is 4.23. The van der Waals surface area contributed by atoms with Crippen molar-refractivity contribution in [3.63, 3.8) is 0 Å². The van der Waals surface area contributed by atoms with E-state index in [-0.39, 0.29) is 9.92 Å². The Morgan fingerprint density at radius 2 is 2.28 bits per heavy atom. The Morgan fingerprint density at radius 3 is 2.89 bits per heavy atom. The summed E-state index contributed by atoms with van der Waals surface area (Å²) in [5.74, 6) is 0. The van der Waals surface area contributed by atoms with Gasteiger partial charge in [-0.25, -0.2) is 0 Å². The highest BCUT2D eigenvalue weighted by atomic mass is 35.5. The average molecular weight is 283 g/mol. The second-order valence-corrected chi connectivity index (χ2v) is 5.13. The molecule has 0 saturated heterocycles. The molecule has 94 valence electrons. The topological polar surface area (TPSA) is 55.2 Å². The Kier molecular flexibility index (Phi) is 3.84. The summed E-state index contributed by atoms with van der Waals surface area (Å²) in [5, 5.41) is 16.4. The van der Waals surface area contributed by atoms with E-state index in [1.807, 2.05) is 25.1 Å². The number of aryl methyl sites for hydroxylation is 1. The van der Waals surface area contributed by atoms with Crippen LogP contribution in [-0.4, -0.2) is 4.92 Å². The molecule has 0 fully saturated rings. The SMILES string of the molecule is Cc1cccc(Cl)c1NCc1csc([N+](=O)[O-])c1. The van der Waals surface area contributed by atoms with Gasteiger partial charge in [0.05, 0.1) is 15.6 Å². The predicted molar refractivity (Wildman–Crippen MR) is 74.5 cm³/mol. The summed E-state index contributed by atoms with van der Waals surface area (Å²) in [6.07, 6.45) is 0. The number of hydrogen-bond donors (Lipinski definition) is 1. The van der Waals surface area contributed by atoms with Gasteiger partial charge in [-0.05, 0) is 24.1 Å². The van der Waals surface area contributed by atoms with Crippen LogP contribution in [0.4, 0.5) is 10.7 Å². The minimum atomic E-state index is -0.380. The summed E-state index contributed by atoms with van der Waals surface area (Å²) < 4.78 is 0. The van der Waals surface area contributed by atoms with Crippen molar-refractivity contribution < 1.29 is 4.92 Å². The van der Waals surface area contributed by atoms with E-state index in [9.17, 15) is 10.1 Å². The third kappa shape index (κ3) is 2.80. The molecule has 0 aliphatic heterocycles. The quantitative estimate of drug-likeness (QED) is 0.674. The third-order valence-corrected chi connectivity index (χ3v) is 3.76. The van der Waals surface area contributed by atoms with E-state index in [0.29, 0.717) is 11.6 Å². The molecule has 6 heteroatoms. The molecule has 0 saturated carbocycles. The highest BCUT2D eigenvalue weighted by Crippen LogP contribution is 2.27. The molecular formula is C12H11ClN2O2S. The maximum atomic E-state index is 10.6. The number of benzene rings is 1. The van der Waals surface area contributed by atoms with Gasteiger partial charge < -0.3 is 5.32 Å². The summed E-state index contributed by atoms with van der Waals surface area (Å²) in [7, 11) is 0. The first-order valence-electron chi connectivity index (χ1n) is 5.28. The maximum Gasteiger partial charge on any atom is 0.324 e. The van der Waals surface area contributed by atoms with Crippen LogP contribution in [0, 0.1) is 17.0 Å². The normalized spacial score (nSPS) is 10.3. The van der Waals surface area contributed by atoms with Crippen molar-refractivity contribution in [1.29, 1.82) is 0 Å². The number of halogens is 1. The van der Waals surface area contributed by atoms with Crippen LogP contribution in [0.3, 0.4) is 0 Å². The highest BCUT2D eigenvalue weighted by Gasteiger charge is 2.10. The van der Waals surface area contributed by atoms with Gasteiger partial charge in [-0.3, -0.25) is 10.1 Å². The van der Waals surface area contributed by atoms with Crippen LogP contribution in [0.25, 0.3) is 0 Å². The molecule has 1 aromatic carbocycles. The average Bonchev–Trinajstić information content (AvgIpc) is 2.77. The molecule has 1 heterocycles. The summed E-state index contributed by atoms with van der Waals surface area (Å²) >= 11 is 7.21. The smallest absolute Gasteiger partial charge is 0.324 e. The zero-order chi connectivity index (χ0) is 13.1. The Balaban J connectivity index is 2.09. The molecular weight excluding hydrogens is 272 g/mol. The fourth-order valence-electron chi connectivity index (χ4n) is 1.60. The lowest BCUT2D eigenvalue weighted by atomic mass is 10.2. The molecule has 0 unspecified atom stereocenters. The Hall–Kier alpha value is -1.59. The number of rotatable bonds is 4. The van der Waals surface area contributed by atoms with E-state index >= 15 is 0 Å². The molecule has 4 nitrogen and oxygen atoms in total. The van der Waals surface area contributed by atoms with Crippen molar-refractivity contribution in [2.75, 3.05) is 5.32 Å². The Morgan fingerprint density at radius 1 is 1.50 bits per heavy atom. The zero-order valence-electron chi connectivity index (χ0n) is 9.64. The minimum Gasteiger partial charge on any atom is -0.380 e. The Bertz CT molecular complexity index is 563. The van der Waals surface area contributed by atoms with E-state index in [4.69, 9.17) is 11.6 Å². The van der Waals surface area contributed by atoms with E-state index in [2.05, 4.69) is 5.32 Å². The van der Waals surface area contributed by atoms with Crippen molar-refractivity contribution >= 4 is 33.6 Å². The first-order valence-corrected chi connectivity index (χ1v) is 6.54. The first-order chi connectivity index (χ1) is 8.58. The molecule has 0 aliphatic rings. The second-order valence-electron chi connectivity index (χ2n) is 3.84. The summed E-state index contributed by atoms with van der Waals surface area (Å²) in [5.41, 5.74) is 2.80. The number of hydrogen-bond acceptors (Lipinski definition) is 4. The van der Waals surface area contributed by atoms with Crippen molar-refractivity contribution in [2.45, 2.75) is 13.5 Å². The van der Waals surface area contributed by atoms with Gasteiger partial charge in [-0.2, -0.15) is 0 Å². The van der Waals surface area contributed by atoms with E-state index in [1.54, 1.807) is 11.4 Å². The summed E-state index contributed by atoms with van der Waals surface area (Å²) in [6.45, 7) is 2.49. The van der Waals surface area contributed by atoms with Gasteiger partial charge in [0, 0.05) is 18.0 Å². The lowest BCUT2D eigenvalue weighted by Gasteiger charge is -2.10. The van der Waals surface area contributed by atoms with Crippen LogP contribution in [-0.2, 0) is 6.54 Å². The van der Waals surface area contributed by atoms with Crippen LogP contribution in [0.5, 0.6) is 0 Å². The van der Waals surface area contributed by atoms with Crippen molar-refractivity contribution in [3.05, 3.63) is 55.9 Å². The fraction of sp³-hybridized carbons (Fsp3) is 0.167. The van der Waals surface area contributed by atoms with Gasteiger partial charge in [0.2, 0.25) is 0 Å². The molecule has 1 aromatic heterocycles. The largest absolute Gasteiger partial charge is 0.380 e. The molecule has 2 aromatic rings. The molecule has 0 atom stereocenters. The highest BCUT2D eigenvalue weighted by molar-refractivity contribution is 7.13. The van der Waals surface area contributed by atoms with Crippen LogP contribution in [0.15, 0.2) is 29.6 Å². The van der Waals surface area contributed by atoms with Crippen LogP contribution in [0.1, 0.15) is 11.1 Å². The fourth-order valence-corrected chi connectivity index (χ4v) is 2.61. The van der Waals surface area contributed by atoms with E-state index < -0.39 is 0 Å². The second kappa shape index (κ2) is 5.37. The number of nitrogens with one attached hydrogen (secondary N) is 1. The monoisotopic (exact) mass is 282 g/mol. The molecule has 0 bridgehead atoms. The standard InChI is InChI=1S/C12H11ClN2O2S/c1-8-3-2-4-10(13)12(8)14-6-9-5-11(15(16)17)18-7-9/h2-5,7,14H,6H2,1H3. The van der Waals surface area contributed by atoms with Crippen molar-refractivity contribution in [3.8, 4) is 0 Å². The minimum absolute atomic E-state index is 0.155. The van der Waals surface area contributed by atoms with Gasteiger partial charge in [0.25, 0.3) is 0 Å². The summed E-state index contributed by atoms with van der Waals surface area (Å²) in [4.78, 5) is 10.2. The Labute approximate surface area is 113 Å². The first kappa shape index (κ1) is 12.9. The number of nitro groups is 1. The van der Waals surface area contributed by atoms with Gasteiger partial charge in [0.1, 0.15) is 0 Å². The molecule has 2 rings (SSSR count). The van der Waals surface area contributed by atoms with Gasteiger partial charge in [-0.15, -0.1) is 0 Å². The molecule has 0 aliphatic carbocycles. The zero-order valence-corrected chi connectivity index (χ0v) is 11.2. The number of para-hydroxylation sites is 1. The van der Waals surface area contributed by atoms with Crippen LogP contribution >= 0.6 is 22.9 Å². The molecule has 1 N–H and O–H groups in total. The van der Waals surface area contributed by atoms with Gasteiger partial charge in [-0.1, -0.05) is 35.1 Å². The number of anilines is 1. The molecule has 0 radical (unpaired) electrons. The summed E-state index contributed by atoms with van der Waals surface area (Å²) in [6, 6.07) is 7.24. The van der Waals surface area contributed by atoms with Crippen molar-refractivity contribution in [2.24, 2.45) is 0 Å². The van der Waals surface area contributed by atoms with Crippen LogP contribution < -0.4 is 5.32 Å². The van der Waals surface area contributed by atoms with Gasteiger partial charge >= 0.3 is 5.00 Å². The molecule has 0 amide bonds. The third-order valence-electron chi connectivity index (χ3n) is 2.51. The maximum absolute atomic E-state index is 10.6.